The van der Waals surface area contributed by atoms with Gasteiger partial charge in [0, 0.05) is 111 Å². The molecule has 14 rings (SSSR count). The zero-order chi connectivity index (χ0) is 82.2. The number of likely N-dealkylation sites (N-methyl/N-ethyl adjacent to an activating group) is 1. The minimum absolute atomic E-state index is 0.0000847. The summed E-state index contributed by atoms with van der Waals surface area (Å²) in [6.07, 6.45) is -6.11. The van der Waals surface area contributed by atoms with Crippen molar-refractivity contribution in [2.75, 3.05) is 34.3 Å². The molecule has 0 aliphatic heterocycles. The molecule has 31 heteroatoms. The number of ether oxygens (including phenoxy) is 2. The molecule has 6 amide bonds. The fourth-order valence-electron chi connectivity index (χ4n) is 13.8. The number of halogens is 10. The maximum Gasteiger partial charge on any atom is 0.459 e. The molecule has 0 spiro atoms. The summed E-state index contributed by atoms with van der Waals surface area (Å²) in [5.74, 6) is -21.0. The molecule has 0 bridgehead atoms. The van der Waals surface area contributed by atoms with Crippen LogP contribution in [0.1, 0.15) is 108 Å². The Balaban J connectivity index is 0.891. The second kappa shape index (κ2) is 29.8. The van der Waals surface area contributed by atoms with Gasteiger partial charge in [-0.25, -0.2) is 13.2 Å². The molecule has 0 saturated heterocycles. The van der Waals surface area contributed by atoms with Gasteiger partial charge in [-0.05, 0) is 173 Å². The number of carbonyl (C=O) groups is 7. The smallest absolute Gasteiger partial charge is 0.459 e. The third-order valence-corrected chi connectivity index (χ3v) is 19.1. The van der Waals surface area contributed by atoms with Crippen molar-refractivity contribution >= 4 is 107 Å². The molecular weight excluding hydrogens is 1520 g/mol. The third-order valence-electron chi connectivity index (χ3n) is 19.1. The van der Waals surface area contributed by atoms with E-state index in [1.54, 1.807) is 55.6 Å². The number of benzene rings is 8. The molecule has 0 aliphatic carbocycles. The van der Waals surface area contributed by atoms with Crippen molar-refractivity contribution in [3.8, 4) is 67.7 Å². The fraction of sp³-hybridized carbons (Fsp3) is 0.202. The molecule has 115 heavy (non-hydrogen) atoms. The largest absolute Gasteiger partial charge is 0.492 e. The Morgan fingerprint density at radius 2 is 0.983 bits per heavy atom. The number of hydrogen-bond donors (Lipinski definition) is 9. The predicted molar refractivity (Wildman–Crippen MR) is 408 cm³/mol. The van der Waals surface area contributed by atoms with E-state index < -0.39 is 119 Å². The Hall–Kier alpha value is -13.6. The number of hydrogen-bond acceptors (Lipinski definition) is 12. The molecule has 0 radical (unpaired) electrons. The number of Topliss-reactive ketones (excluding diaryl/α,β-unsaturated/α-hetero) is 1. The van der Waals surface area contributed by atoms with Crippen LogP contribution in [-0.4, -0.2) is 120 Å². The highest BCUT2D eigenvalue weighted by Crippen LogP contribution is 2.49. The Bertz CT molecular complexity index is 6300. The second-order valence-corrected chi connectivity index (χ2v) is 28.4. The summed E-state index contributed by atoms with van der Waals surface area (Å²) in [6, 6.07) is 33.1. The Kier molecular flexibility index (Phi) is 20.2. The van der Waals surface area contributed by atoms with Crippen LogP contribution in [0, 0.1) is 17.5 Å². The molecule has 0 aliphatic rings. The van der Waals surface area contributed by atoms with Crippen LogP contribution in [-0.2, 0) is 17.8 Å². The van der Waals surface area contributed by atoms with Crippen molar-refractivity contribution in [2.24, 2.45) is 0 Å². The van der Waals surface area contributed by atoms with E-state index in [4.69, 9.17) is 22.7 Å². The topological polar surface area (TPSA) is 297 Å². The van der Waals surface area contributed by atoms with Crippen LogP contribution < -0.4 is 41.4 Å². The highest BCUT2D eigenvalue weighted by molar-refractivity contribution is 6.46. The highest BCUT2D eigenvalue weighted by atomic mass is 19.4. The molecule has 6 heterocycles. The van der Waals surface area contributed by atoms with Crippen molar-refractivity contribution in [3.05, 3.63) is 214 Å². The van der Waals surface area contributed by atoms with E-state index in [0.29, 0.717) is 38.7 Å². The number of H-pyrrole nitrogens is 3. The SMILES string of the molecule is CNC(=O)C(=O)c1c[nH]c2c(OC(C)C)cc3c(C(=O)NCc4cc5c([nH]4)c(-c4ccc(OCCc6cc7c([nH]6)c(-c6cccc(C(=O)NC(C)(C)C)c6)cc6c(C(=O)NC)c(-c8ccc(F)cc8)oc67)c(C(=O)NCC(F)(F)C(F)(F)C(F)(F)F)c4)cc4c(C(=O)NC)c(-c6ccc(F)cc6)oc45)c(-c4ccc(F)cc4)oc3c12. The molecule has 8 aromatic carbocycles. The Morgan fingerprint density at radius 3 is 1.50 bits per heavy atom. The number of amides is 6. The van der Waals surface area contributed by atoms with Crippen LogP contribution in [0.5, 0.6) is 11.5 Å². The first-order chi connectivity index (χ1) is 54.6. The van der Waals surface area contributed by atoms with Gasteiger partial charge in [-0.2, -0.15) is 30.7 Å². The van der Waals surface area contributed by atoms with Gasteiger partial charge >= 0.3 is 18.0 Å². The average molecular weight is 1580 g/mol. The lowest BCUT2D eigenvalue weighted by atomic mass is 9.96. The molecule has 14 aromatic rings. The number of alkyl halides is 7. The first kappa shape index (κ1) is 78.1. The molecule has 590 valence electrons. The summed E-state index contributed by atoms with van der Waals surface area (Å²) in [4.78, 5) is 108. The van der Waals surface area contributed by atoms with Gasteiger partial charge in [-0.1, -0.05) is 18.2 Å². The molecule has 0 atom stereocenters. The van der Waals surface area contributed by atoms with E-state index in [0.717, 1.165) is 30.3 Å². The summed E-state index contributed by atoms with van der Waals surface area (Å²) in [5, 5.41) is 15.9. The highest BCUT2D eigenvalue weighted by Gasteiger charge is 2.73. The van der Waals surface area contributed by atoms with E-state index in [-0.39, 0.29) is 135 Å². The monoisotopic (exact) mass is 1580 g/mol. The van der Waals surface area contributed by atoms with E-state index in [1.165, 1.54) is 106 Å². The number of nitrogens with one attached hydrogen (secondary N) is 9. The van der Waals surface area contributed by atoms with Gasteiger partial charge in [-0.3, -0.25) is 33.6 Å². The van der Waals surface area contributed by atoms with Gasteiger partial charge in [0.25, 0.3) is 41.2 Å². The van der Waals surface area contributed by atoms with Gasteiger partial charge in [0.1, 0.15) is 63.0 Å². The van der Waals surface area contributed by atoms with Crippen LogP contribution >= 0.6 is 0 Å². The number of rotatable bonds is 23. The molecule has 21 nitrogen and oxygen atoms in total. The van der Waals surface area contributed by atoms with E-state index in [1.807, 2.05) is 20.8 Å². The molecule has 6 aromatic heterocycles. The third kappa shape index (κ3) is 14.6. The van der Waals surface area contributed by atoms with Crippen LogP contribution in [0.3, 0.4) is 0 Å². The molecular formula is C84H67F10N9O12. The zero-order valence-electron chi connectivity index (χ0n) is 62.0. The lowest BCUT2D eigenvalue weighted by molar-refractivity contribution is -0.352. The quantitative estimate of drug-likeness (QED) is 0.0164. The lowest BCUT2D eigenvalue weighted by Gasteiger charge is -2.28. The number of ketones is 1. The standard InChI is InChI=1S/C84H67F10N9O12/c1-38(2)112-60-34-55-64(71(41-16-23-47(87)24-17-41)115-74(55)61-58(36-98-67(60)61)68(104)80(110)97-8)79(109)99-35-49-31-57-66(102-49)51(33-54-63(78(108)96-7)70(114-73(54)57)40-14-21-46(86)22-15-40)43-18-25-59(52(29-43)76(106)100-37-82(88,89)83(90,91)84(92,93)94)111-27-26-48-30-56-65(101-48)50(42-10-9-11-44(28-42)75(105)103-81(3,4)5)32-53-62(77(107)95-6)69(113-72(53)56)39-12-19-45(85)20-13-39/h9-25,28-34,36,38,98,101-102H,26-27,35,37H2,1-8H3,(H,95,107)(H,96,108)(H,97,110)(H,99,109)(H,100,106)(H,103,105). The number of furan rings is 3. The van der Waals surface area contributed by atoms with Gasteiger partial charge in [0.15, 0.2) is 0 Å². The van der Waals surface area contributed by atoms with Crippen molar-refractivity contribution in [1.82, 2.24) is 46.9 Å². The summed E-state index contributed by atoms with van der Waals surface area (Å²) in [7, 11) is 3.99. The van der Waals surface area contributed by atoms with Gasteiger partial charge in [-0.15, -0.1) is 0 Å². The number of fused-ring (bicyclic) bond motifs is 9. The Morgan fingerprint density at radius 1 is 0.487 bits per heavy atom. The van der Waals surface area contributed by atoms with E-state index >= 15 is 13.6 Å². The minimum atomic E-state index is -6.78. The van der Waals surface area contributed by atoms with Gasteiger partial charge in [0.2, 0.25) is 0 Å². The summed E-state index contributed by atoms with van der Waals surface area (Å²) in [6.45, 7) is 5.48. The van der Waals surface area contributed by atoms with Crippen molar-refractivity contribution in [3.63, 3.8) is 0 Å². The number of carbonyl (C=O) groups excluding carboxylic acids is 7. The summed E-state index contributed by atoms with van der Waals surface area (Å²) < 4.78 is 176. The van der Waals surface area contributed by atoms with Crippen LogP contribution in [0.25, 0.3) is 122 Å². The van der Waals surface area contributed by atoms with Crippen LogP contribution in [0.15, 0.2) is 165 Å². The Labute approximate surface area is 644 Å². The minimum Gasteiger partial charge on any atom is -0.492 e. The molecule has 0 fully saturated rings. The van der Waals surface area contributed by atoms with E-state index in [2.05, 4.69) is 41.5 Å². The van der Waals surface area contributed by atoms with Crippen molar-refractivity contribution in [2.45, 2.75) is 77.2 Å². The van der Waals surface area contributed by atoms with Crippen molar-refractivity contribution in [1.29, 1.82) is 0 Å². The first-order valence-corrected chi connectivity index (χ1v) is 35.6. The van der Waals surface area contributed by atoms with E-state index in [9.17, 15) is 63.9 Å². The molecule has 0 unspecified atom stereocenters. The maximum absolute atomic E-state index is 15.3. The maximum atomic E-state index is 15.3. The lowest BCUT2D eigenvalue weighted by Crippen LogP contribution is -2.56. The first-order valence-electron chi connectivity index (χ1n) is 35.6. The molecule has 0 saturated carbocycles. The second-order valence-electron chi connectivity index (χ2n) is 28.4. The van der Waals surface area contributed by atoms with Crippen molar-refractivity contribution < 1.29 is 100 Å². The van der Waals surface area contributed by atoms with Crippen LogP contribution in [0.4, 0.5) is 43.9 Å². The zero-order valence-corrected chi connectivity index (χ0v) is 62.0. The van der Waals surface area contributed by atoms with Crippen LogP contribution in [0.2, 0.25) is 0 Å². The number of aromatic nitrogens is 3. The fourth-order valence-corrected chi connectivity index (χ4v) is 13.8. The molecule has 9 N–H and O–H groups in total. The number of aromatic amines is 3. The normalized spacial score (nSPS) is 12.2. The summed E-state index contributed by atoms with van der Waals surface area (Å²) in [5.41, 5.74) is 1.68. The van der Waals surface area contributed by atoms with Gasteiger partial charge < -0.3 is 69.6 Å². The summed E-state index contributed by atoms with van der Waals surface area (Å²) >= 11 is 0. The average Bonchev–Trinajstić information content (AvgIpc) is 1.59. The predicted octanol–water partition coefficient (Wildman–Crippen LogP) is 17.2. The van der Waals surface area contributed by atoms with Gasteiger partial charge in [0.05, 0.1) is 75.6 Å².